The number of ether oxygens (including phenoxy) is 1. The smallest absolute Gasteiger partial charge is 0.238 e. The summed E-state index contributed by atoms with van der Waals surface area (Å²) < 4.78 is 27.9. The van der Waals surface area contributed by atoms with Crippen LogP contribution in [0.4, 0.5) is 0 Å². The van der Waals surface area contributed by atoms with Crippen molar-refractivity contribution in [2.24, 2.45) is 10.1 Å². The number of halogens is 1. The molecule has 9 heteroatoms. The van der Waals surface area contributed by atoms with Crippen molar-refractivity contribution in [3.63, 3.8) is 0 Å². The van der Waals surface area contributed by atoms with E-state index >= 15 is 0 Å². The Morgan fingerprint density at radius 3 is 2.31 bits per heavy atom. The summed E-state index contributed by atoms with van der Waals surface area (Å²) in [5.74, 6) is 0.745. The van der Waals surface area contributed by atoms with Crippen LogP contribution in [0.15, 0.2) is 34.2 Å². The molecule has 150 valence electrons. The maximum Gasteiger partial charge on any atom is 0.238 e. The van der Waals surface area contributed by atoms with Crippen molar-refractivity contribution < 1.29 is 13.2 Å². The summed E-state index contributed by atoms with van der Waals surface area (Å²) in [7, 11) is -1.90. The van der Waals surface area contributed by atoms with Crippen LogP contribution in [-0.2, 0) is 21.2 Å². The van der Waals surface area contributed by atoms with E-state index in [2.05, 4.69) is 22.5 Å². The molecule has 0 aliphatic carbocycles. The van der Waals surface area contributed by atoms with Crippen molar-refractivity contribution in [1.29, 1.82) is 0 Å². The van der Waals surface area contributed by atoms with E-state index < -0.39 is 10.0 Å². The molecule has 1 aromatic carbocycles. The summed E-state index contributed by atoms with van der Waals surface area (Å²) in [6.07, 6.45) is 3.94. The van der Waals surface area contributed by atoms with Gasteiger partial charge >= 0.3 is 0 Å². The van der Waals surface area contributed by atoms with Crippen LogP contribution in [0.2, 0.25) is 0 Å². The van der Waals surface area contributed by atoms with Crippen LogP contribution in [0.5, 0.6) is 0 Å². The molecule has 0 atom stereocenters. The van der Waals surface area contributed by atoms with E-state index in [1.165, 1.54) is 12.1 Å². The molecule has 0 saturated heterocycles. The average molecular weight is 498 g/mol. The van der Waals surface area contributed by atoms with Crippen molar-refractivity contribution in [3.05, 3.63) is 29.8 Å². The Labute approximate surface area is 174 Å². The Kier molecular flexibility index (Phi) is 13.7. The Morgan fingerprint density at radius 2 is 1.73 bits per heavy atom. The monoisotopic (exact) mass is 498 g/mol. The maximum atomic E-state index is 11.2. The molecule has 0 aromatic heterocycles. The Hall–Kier alpha value is -0.910. The topological polar surface area (TPSA) is 106 Å². The van der Waals surface area contributed by atoms with Crippen molar-refractivity contribution in [2.75, 3.05) is 33.4 Å². The first-order chi connectivity index (χ1) is 12.0. The van der Waals surface area contributed by atoms with Crippen LogP contribution in [0.3, 0.4) is 0 Å². The minimum absolute atomic E-state index is 0. The third-order valence-electron chi connectivity index (χ3n) is 3.58. The quantitative estimate of drug-likeness (QED) is 0.187. The molecule has 0 spiro atoms. The third-order valence-corrected chi connectivity index (χ3v) is 4.51. The maximum absolute atomic E-state index is 11.2. The minimum Gasteiger partial charge on any atom is -0.381 e. The van der Waals surface area contributed by atoms with Gasteiger partial charge in [-0.2, -0.15) is 0 Å². The lowest BCUT2D eigenvalue weighted by Crippen LogP contribution is -2.39. The molecule has 1 rings (SSSR count). The molecular formula is C17H31IN4O3S. The predicted octanol–water partition coefficient (Wildman–Crippen LogP) is 1.87. The van der Waals surface area contributed by atoms with Gasteiger partial charge in [0, 0.05) is 33.4 Å². The molecule has 7 nitrogen and oxygen atoms in total. The minimum atomic E-state index is -3.63. The first kappa shape index (κ1) is 25.1. The largest absolute Gasteiger partial charge is 0.381 e. The summed E-state index contributed by atoms with van der Waals surface area (Å²) in [4.78, 5) is 4.30. The van der Waals surface area contributed by atoms with Gasteiger partial charge in [-0.05, 0) is 37.0 Å². The van der Waals surface area contributed by atoms with Crippen molar-refractivity contribution in [3.8, 4) is 0 Å². The number of benzene rings is 1. The fraction of sp³-hybridized carbons (Fsp3) is 0.588. The summed E-state index contributed by atoms with van der Waals surface area (Å²) in [6.45, 7) is 5.22. The zero-order chi connectivity index (χ0) is 18.5. The third kappa shape index (κ3) is 10.9. The highest BCUT2D eigenvalue weighted by Crippen LogP contribution is 2.08. The van der Waals surface area contributed by atoms with Crippen molar-refractivity contribution in [1.82, 2.24) is 10.6 Å². The Balaban J connectivity index is 0.00000625. The summed E-state index contributed by atoms with van der Waals surface area (Å²) in [5, 5.41) is 11.6. The number of unbranched alkanes of at least 4 members (excludes halogenated alkanes) is 1. The van der Waals surface area contributed by atoms with E-state index in [1.54, 1.807) is 19.2 Å². The van der Waals surface area contributed by atoms with E-state index in [0.29, 0.717) is 6.54 Å². The number of rotatable bonds is 11. The number of primary sulfonamides is 1. The van der Waals surface area contributed by atoms with Gasteiger partial charge in [0.15, 0.2) is 5.96 Å². The normalized spacial score (nSPS) is 11.7. The highest BCUT2D eigenvalue weighted by molar-refractivity contribution is 14.0. The number of sulfonamides is 1. The first-order valence-corrected chi connectivity index (χ1v) is 10.2. The van der Waals surface area contributed by atoms with Crippen LogP contribution in [0.1, 0.15) is 31.7 Å². The SMILES string of the molecule is CCCCOCCCNC(=NC)NCCc1ccc(S(N)(=O)=O)cc1.I. The summed E-state index contributed by atoms with van der Waals surface area (Å²) >= 11 is 0. The number of aliphatic imine (C=N–C) groups is 1. The van der Waals surface area contributed by atoms with Gasteiger partial charge < -0.3 is 15.4 Å². The lowest BCUT2D eigenvalue weighted by atomic mass is 10.1. The second kappa shape index (κ2) is 14.2. The number of nitrogens with two attached hydrogens (primary N) is 1. The van der Waals surface area contributed by atoms with Gasteiger partial charge in [0.1, 0.15) is 0 Å². The van der Waals surface area contributed by atoms with Gasteiger partial charge in [-0.15, -0.1) is 24.0 Å². The van der Waals surface area contributed by atoms with Gasteiger partial charge in [0.05, 0.1) is 4.90 Å². The molecule has 1 aromatic rings. The summed E-state index contributed by atoms with van der Waals surface area (Å²) in [6, 6.07) is 6.59. The molecule has 0 heterocycles. The number of hydrogen-bond donors (Lipinski definition) is 3. The molecule has 0 radical (unpaired) electrons. The lowest BCUT2D eigenvalue weighted by Gasteiger charge is -2.12. The Morgan fingerprint density at radius 1 is 1.12 bits per heavy atom. The van der Waals surface area contributed by atoms with Crippen molar-refractivity contribution in [2.45, 2.75) is 37.5 Å². The molecule has 0 aliphatic heterocycles. The fourth-order valence-corrected chi connectivity index (χ4v) is 2.64. The van der Waals surface area contributed by atoms with E-state index in [-0.39, 0.29) is 28.9 Å². The number of hydrogen-bond acceptors (Lipinski definition) is 4. The molecule has 0 aliphatic rings. The molecule has 0 amide bonds. The van der Waals surface area contributed by atoms with E-state index in [1.807, 2.05) is 0 Å². The standard InChI is InChI=1S/C17H30N4O3S.HI/c1-3-4-13-24-14-5-11-20-17(19-2)21-12-10-15-6-8-16(9-7-15)25(18,22)23;/h6-9H,3-5,10-14H2,1-2H3,(H2,18,22,23)(H2,19,20,21);1H. The van der Waals surface area contributed by atoms with Gasteiger partial charge in [0.25, 0.3) is 0 Å². The zero-order valence-corrected chi connectivity index (χ0v) is 18.7. The molecular weight excluding hydrogens is 467 g/mol. The van der Waals surface area contributed by atoms with E-state index in [9.17, 15) is 8.42 Å². The summed E-state index contributed by atoms with van der Waals surface area (Å²) in [5.41, 5.74) is 1.03. The number of nitrogens with one attached hydrogen (secondary N) is 2. The van der Waals surface area contributed by atoms with Crippen LogP contribution < -0.4 is 15.8 Å². The molecule has 0 unspecified atom stereocenters. The van der Waals surface area contributed by atoms with Crippen molar-refractivity contribution >= 4 is 40.0 Å². The molecule has 0 bridgehead atoms. The fourth-order valence-electron chi connectivity index (χ4n) is 2.12. The second-order valence-corrected chi connectivity index (χ2v) is 7.25. The van der Waals surface area contributed by atoms with Gasteiger partial charge in [0.2, 0.25) is 10.0 Å². The van der Waals surface area contributed by atoms with Crippen LogP contribution in [0.25, 0.3) is 0 Å². The molecule has 4 N–H and O–H groups in total. The lowest BCUT2D eigenvalue weighted by molar-refractivity contribution is 0.129. The zero-order valence-electron chi connectivity index (χ0n) is 15.5. The molecule has 26 heavy (non-hydrogen) atoms. The van der Waals surface area contributed by atoms with E-state index in [0.717, 1.165) is 57.0 Å². The second-order valence-electron chi connectivity index (χ2n) is 5.68. The first-order valence-electron chi connectivity index (χ1n) is 8.61. The molecule has 0 fully saturated rings. The molecule has 0 saturated carbocycles. The number of guanidine groups is 1. The van der Waals surface area contributed by atoms with Gasteiger partial charge in [-0.3, -0.25) is 4.99 Å². The highest BCUT2D eigenvalue weighted by Gasteiger charge is 2.06. The number of nitrogens with zero attached hydrogens (tertiary/aromatic N) is 1. The highest BCUT2D eigenvalue weighted by atomic mass is 127. The van der Waals surface area contributed by atoms with Gasteiger partial charge in [-0.25, -0.2) is 13.6 Å². The van der Waals surface area contributed by atoms with Crippen LogP contribution in [0, 0.1) is 0 Å². The van der Waals surface area contributed by atoms with Gasteiger partial charge in [-0.1, -0.05) is 25.5 Å². The van der Waals surface area contributed by atoms with E-state index in [4.69, 9.17) is 9.88 Å². The van der Waals surface area contributed by atoms with Crippen LogP contribution in [-0.4, -0.2) is 47.7 Å². The average Bonchev–Trinajstić information content (AvgIpc) is 2.59. The Bertz CT molecular complexity index is 621. The predicted molar refractivity (Wildman–Crippen MR) is 117 cm³/mol. The van der Waals surface area contributed by atoms with Crippen LogP contribution >= 0.6 is 24.0 Å².